The van der Waals surface area contributed by atoms with Crippen molar-refractivity contribution in [2.45, 2.75) is 31.1 Å². The van der Waals surface area contributed by atoms with E-state index in [-0.39, 0.29) is 0 Å². The van der Waals surface area contributed by atoms with E-state index >= 15 is 0 Å². The molecule has 2 nitrogen and oxygen atoms in total. The number of nitrogens with one attached hydrogen (secondary N) is 1. The minimum absolute atomic E-state index is 0.399. The van der Waals surface area contributed by atoms with Gasteiger partial charge in [0.25, 0.3) is 0 Å². The Balaban J connectivity index is 2.01. The van der Waals surface area contributed by atoms with Crippen LogP contribution in [0.4, 0.5) is 0 Å². The summed E-state index contributed by atoms with van der Waals surface area (Å²) < 4.78 is 5.58. The average molecular weight is 139 g/mol. The maximum Gasteiger partial charge on any atom is 0.0779 e. The van der Waals surface area contributed by atoms with Gasteiger partial charge in [-0.05, 0) is 19.9 Å². The van der Waals surface area contributed by atoms with Gasteiger partial charge in [-0.2, -0.15) is 0 Å². The Hall–Kier alpha value is -0.340. The van der Waals surface area contributed by atoms with Gasteiger partial charge in [0.2, 0.25) is 0 Å². The SMILES string of the molecule is CNC1CC2C=CC(C1)O2. The lowest BCUT2D eigenvalue weighted by atomic mass is 10.0. The lowest BCUT2D eigenvalue weighted by Crippen LogP contribution is -2.37. The summed E-state index contributed by atoms with van der Waals surface area (Å²) in [4.78, 5) is 0. The van der Waals surface area contributed by atoms with Gasteiger partial charge in [0.05, 0.1) is 12.2 Å². The highest BCUT2D eigenvalue weighted by molar-refractivity contribution is 5.07. The molecule has 10 heavy (non-hydrogen) atoms. The van der Waals surface area contributed by atoms with Gasteiger partial charge >= 0.3 is 0 Å². The third-order valence-corrected chi connectivity index (χ3v) is 2.33. The monoisotopic (exact) mass is 139 g/mol. The molecule has 2 aliphatic heterocycles. The zero-order valence-corrected chi connectivity index (χ0v) is 6.21. The van der Waals surface area contributed by atoms with Crippen LogP contribution in [0.3, 0.4) is 0 Å². The van der Waals surface area contributed by atoms with Gasteiger partial charge in [0, 0.05) is 6.04 Å². The van der Waals surface area contributed by atoms with Crippen LogP contribution < -0.4 is 5.32 Å². The highest BCUT2D eigenvalue weighted by Gasteiger charge is 2.29. The summed E-state index contributed by atoms with van der Waals surface area (Å²) >= 11 is 0. The van der Waals surface area contributed by atoms with Crippen LogP contribution in [0.5, 0.6) is 0 Å². The molecule has 0 amide bonds. The Labute approximate surface area is 61.3 Å². The molecule has 2 unspecified atom stereocenters. The maximum absolute atomic E-state index is 5.58. The Morgan fingerprint density at radius 3 is 2.40 bits per heavy atom. The van der Waals surface area contributed by atoms with Crippen LogP contribution in [0.15, 0.2) is 12.2 Å². The van der Waals surface area contributed by atoms with Gasteiger partial charge in [-0.15, -0.1) is 0 Å². The fourth-order valence-corrected chi connectivity index (χ4v) is 1.72. The molecule has 2 heteroatoms. The summed E-state index contributed by atoms with van der Waals surface area (Å²) in [7, 11) is 2.02. The number of rotatable bonds is 1. The molecule has 1 fully saturated rings. The minimum Gasteiger partial charge on any atom is -0.367 e. The van der Waals surface area contributed by atoms with Crippen molar-refractivity contribution in [2.75, 3.05) is 7.05 Å². The third kappa shape index (κ3) is 0.976. The predicted molar refractivity (Wildman–Crippen MR) is 39.9 cm³/mol. The molecule has 2 aliphatic rings. The van der Waals surface area contributed by atoms with Crippen molar-refractivity contribution in [3.05, 3.63) is 12.2 Å². The number of fused-ring (bicyclic) bond motifs is 2. The van der Waals surface area contributed by atoms with Gasteiger partial charge in [0.15, 0.2) is 0 Å². The van der Waals surface area contributed by atoms with E-state index in [1.807, 2.05) is 7.05 Å². The summed E-state index contributed by atoms with van der Waals surface area (Å²) in [5, 5.41) is 3.28. The molecule has 56 valence electrons. The second-order valence-corrected chi connectivity index (χ2v) is 3.05. The zero-order valence-electron chi connectivity index (χ0n) is 6.21. The first-order valence-electron chi connectivity index (χ1n) is 3.89. The molecule has 0 aliphatic carbocycles. The second-order valence-electron chi connectivity index (χ2n) is 3.05. The van der Waals surface area contributed by atoms with Crippen LogP contribution in [0.1, 0.15) is 12.8 Å². The minimum atomic E-state index is 0.399. The first-order chi connectivity index (χ1) is 4.88. The zero-order chi connectivity index (χ0) is 6.97. The van der Waals surface area contributed by atoms with Crippen molar-refractivity contribution < 1.29 is 4.74 Å². The molecule has 0 aromatic carbocycles. The van der Waals surface area contributed by atoms with Crippen LogP contribution in [0, 0.1) is 0 Å². The Kier molecular flexibility index (Phi) is 1.51. The fourth-order valence-electron chi connectivity index (χ4n) is 1.72. The predicted octanol–water partition coefficient (Wildman–Crippen LogP) is 0.692. The van der Waals surface area contributed by atoms with Crippen molar-refractivity contribution in [3.63, 3.8) is 0 Å². The van der Waals surface area contributed by atoms with Crippen LogP contribution >= 0.6 is 0 Å². The van der Waals surface area contributed by atoms with Crippen LogP contribution in [-0.2, 0) is 4.74 Å². The summed E-state index contributed by atoms with van der Waals surface area (Å²) in [6.45, 7) is 0. The maximum atomic E-state index is 5.58. The molecule has 0 radical (unpaired) electrons. The van der Waals surface area contributed by atoms with E-state index in [9.17, 15) is 0 Å². The van der Waals surface area contributed by atoms with Crippen LogP contribution in [0.2, 0.25) is 0 Å². The van der Waals surface area contributed by atoms with E-state index < -0.39 is 0 Å². The van der Waals surface area contributed by atoms with Gasteiger partial charge in [0.1, 0.15) is 0 Å². The van der Waals surface area contributed by atoms with Gasteiger partial charge < -0.3 is 10.1 Å². The van der Waals surface area contributed by atoms with E-state index in [0.717, 1.165) is 12.8 Å². The fraction of sp³-hybridized carbons (Fsp3) is 0.750. The van der Waals surface area contributed by atoms with Gasteiger partial charge in [-0.25, -0.2) is 0 Å². The highest BCUT2D eigenvalue weighted by Crippen LogP contribution is 2.26. The first kappa shape index (κ1) is 6.38. The summed E-state index contributed by atoms with van der Waals surface area (Å²) in [5.41, 5.74) is 0. The van der Waals surface area contributed by atoms with E-state index in [1.165, 1.54) is 0 Å². The smallest absolute Gasteiger partial charge is 0.0779 e. The lowest BCUT2D eigenvalue weighted by Gasteiger charge is -2.27. The Morgan fingerprint density at radius 1 is 1.30 bits per heavy atom. The number of hydrogen-bond donors (Lipinski definition) is 1. The molecule has 2 heterocycles. The molecule has 0 saturated carbocycles. The molecular weight excluding hydrogens is 126 g/mol. The molecule has 0 aromatic heterocycles. The molecule has 2 atom stereocenters. The highest BCUT2D eigenvalue weighted by atomic mass is 16.5. The van der Waals surface area contributed by atoms with Crippen molar-refractivity contribution in [1.82, 2.24) is 5.32 Å². The topological polar surface area (TPSA) is 21.3 Å². The summed E-state index contributed by atoms with van der Waals surface area (Å²) in [6, 6.07) is 0.666. The molecular formula is C8H13NO. The van der Waals surface area contributed by atoms with Crippen molar-refractivity contribution >= 4 is 0 Å². The number of hydrogen-bond acceptors (Lipinski definition) is 2. The molecule has 0 spiro atoms. The quantitative estimate of drug-likeness (QED) is 0.540. The Morgan fingerprint density at radius 2 is 1.90 bits per heavy atom. The normalized spacial score (nSPS) is 44.3. The summed E-state index contributed by atoms with van der Waals surface area (Å²) in [5.74, 6) is 0. The number of ether oxygens (including phenoxy) is 1. The van der Waals surface area contributed by atoms with Crippen LogP contribution in [-0.4, -0.2) is 25.3 Å². The van der Waals surface area contributed by atoms with Crippen molar-refractivity contribution in [1.29, 1.82) is 0 Å². The molecule has 0 aromatic rings. The van der Waals surface area contributed by atoms with Gasteiger partial charge in [-0.1, -0.05) is 12.2 Å². The van der Waals surface area contributed by atoms with Gasteiger partial charge in [-0.3, -0.25) is 0 Å². The standard InChI is InChI=1S/C8H13NO/c1-9-6-4-7-2-3-8(5-6)10-7/h2-3,6-9H,4-5H2,1H3. The van der Waals surface area contributed by atoms with Crippen molar-refractivity contribution in [3.8, 4) is 0 Å². The van der Waals surface area contributed by atoms with Crippen LogP contribution in [0.25, 0.3) is 0 Å². The molecule has 2 bridgehead atoms. The molecule has 2 rings (SSSR count). The third-order valence-electron chi connectivity index (χ3n) is 2.33. The summed E-state index contributed by atoms with van der Waals surface area (Å²) in [6.07, 6.45) is 7.45. The lowest BCUT2D eigenvalue weighted by molar-refractivity contribution is 0.00691. The molecule has 1 saturated heterocycles. The van der Waals surface area contributed by atoms with E-state index in [2.05, 4.69) is 17.5 Å². The molecule has 1 N–H and O–H groups in total. The largest absolute Gasteiger partial charge is 0.367 e. The first-order valence-corrected chi connectivity index (χ1v) is 3.89. The second kappa shape index (κ2) is 2.36. The van der Waals surface area contributed by atoms with E-state index in [1.54, 1.807) is 0 Å². The van der Waals surface area contributed by atoms with E-state index in [4.69, 9.17) is 4.74 Å². The average Bonchev–Trinajstić information content (AvgIpc) is 2.30. The van der Waals surface area contributed by atoms with E-state index in [0.29, 0.717) is 18.2 Å². The Bertz CT molecular complexity index is 141. The van der Waals surface area contributed by atoms with Crippen molar-refractivity contribution in [2.24, 2.45) is 0 Å².